The average Bonchev–Trinajstić information content (AvgIpc) is 2.61. The van der Waals surface area contributed by atoms with E-state index < -0.39 is 11.8 Å². The van der Waals surface area contributed by atoms with Crippen LogP contribution in [0.5, 0.6) is 0 Å². The molecule has 2 amide bonds. The Morgan fingerprint density at radius 3 is 2.32 bits per heavy atom. The lowest BCUT2D eigenvalue weighted by Gasteiger charge is -2.15. The molecule has 0 spiro atoms. The van der Waals surface area contributed by atoms with E-state index in [4.69, 9.17) is 0 Å². The Kier molecular flexibility index (Phi) is 6.06. The molecular formula is C20H22N2O3. The predicted molar refractivity (Wildman–Crippen MR) is 98.9 cm³/mol. The number of ketones is 1. The Labute approximate surface area is 147 Å². The number of para-hydroxylation sites is 1. The first-order valence-electron chi connectivity index (χ1n) is 8.24. The normalized spacial score (nSPS) is 11.5. The molecule has 2 rings (SSSR count). The minimum absolute atomic E-state index is 0.108. The lowest BCUT2D eigenvalue weighted by atomic mass is 9.97. The van der Waals surface area contributed by atoms with E-state index in [1.54, 1.807) is 30.3 Å². The van der Waals surface area contributed by atoms with Crippen molar-refractivity contribution in [3.05, 3.63) is 59.7 Å². The minimum Gasteiger partial charge on any atom is -0.318 e. The first kappa shape index (κ1) is 18.4. The fourth-order valence-corrected chi connectivity index (χ4v) is 2.44. The van der Waals surface area contributed by atoms with Crippen LogP contribution in [0, 0.1) is 0 Å². The monoisotopic (exact) mass is 338 g/mol. The minimum atomic E-state index is -0.778. The molecule has 0 bridgehead atoms. The maximum Gasteiger partial charge on any atom is 0.314 e. The van der Waals surface area contributed by atoms with Crippen molar-refractivity contribution in [2.45, 2.75) is 33.1 Å². The summed E-state index contributed by atoms with van der Waals surface area (Å²) >= 11 is 0. The molecule has 2 aromatic rings. The smallest absolute Gasteiger partial charge is 0.314 e. The van der Waals surface area contributed by atoms with Crippen LogP contribution in [0.25, 0.3) is 0 Å². The van der Waals surface area contributed by atoms with Gasteiger partial charge >= 0.3 is 11.8 Å². The van der Waals surface area contributed by atoms with Gasteiger partial charge in [-0.15, -0.1) is 0 Å². The van der Waals surface area contributed by atoms with Gasteiger partial charge in [-0.3, -0.25) is 14.4 Å². The molecule has 130 valence electrons. The van der Waals surface area contributed by atoms with Crippen LogP contribution in [0.3, 0.4) is 0 Å². The molecule has 0 radical (unpaired) electrons. The van der Waals surface area contributed by atoms with Crippen molar-refractivity contribution < 1.29 is 14.4 Å². The largest absolute Gasteiger partial charge is 0.318 e. The summed E-state index contributed by atoms with van der Waals surface area (Å²) in [4.78, 5) is 35.7. The quantitative estimate of drug-likeness (QED) is 0.639. The molecule has 5 nitrogen and oxygen atoms in total. The second-order valence-corrected chi connectivity index (χ2v) is 5.94. The first-order chi connectivity index (χ1) is 11.9. The number of hydrogen-bond donors (Lipinski definition) is 2. The van der Waals surface area contributed by atoms with Gasteiger partial charge in [0.15, 0.2) is 5.78 Å². The van der Waals surface area contributed by atoms with Crippen LogP contribution in [0.1, 0.15) is 49.0 Å². The van der Waals surface area contributed by atoms with E-state index in [-0.39, 0.29) is 11.7 Å². The van der Waals surface area contributed by atoms with Gasteiger partial charge in [-0.25, -0.2) is 0 Å². The van der Waals surface area contributed by atoms with Crippen molar-refractivity contribution >= 4 is 29.0 Å². The second kappa shape index (κ2) is 8.24. The van der Waals surface area contributed by atoms with Crippen LogP contribution in [0.2, 0.25) is 0 Å². The van der Waals surface area contributed by atoms with Gasteiger partial charge in [0.2, 0.25) is 0 Å². The molecule has 1 unspecified atom stereocenters. The molecule has 0 aliphatic carbocycles. The average molecular weight is 338 g/mol. The summed E-state index contributed by atoms with van der Waals surface area (Å²) in [5, 5.41) is 5.18. The van der Waals surface area contributed by atoms with E-state index in [2.05, 4.69) is 24.5 Å². The lowest BCUT2D eigenvalue weighted by molar-refractivity contribution is -0.133. The summed E-state index contributed by atoms with van der Waals surface area (Å²) in [6.45, 7) is 5.58. The van der Waals surface area contributed by atoms with E-state index in [1.807, 2.05) is 18.2 Å². The highest BCUT2D eigenvalue weighted by Crippen LogP contribution is 2.26. The van der Waals surface area contributed by atoms with Crippen LogP contribution in [0.15, 0.2) is 48.5 Å². The summed E-state index contributed by atoms with van der Waals surface area (Å²) < 4.78 is 0. The highest BCUT2D eigenvalue weighted by atomic mass is 16.2. The highest BCUT2D eigenvalue weighted by Gasteiger charge is 2.17. The third-order valence-corrected chi connectivity index (χ3v) is 4.09. The van der Waals surface area contributed by atoms with Gasteiger partial charge in [0.25, 0.3) is 0 Å². The van der Waals surface area contributed by atoms with E-state index in [9.17, 15) is 14.4 Å². The van der Waals surface area contributed by atoms with Gasteiger partial charge in [-0.1, -0.05) is 44.2 Å². The Bertz CT molecular complexity index is 799. The van der Waals surface area contributed by atoms with Crippen molar-refractivity contribution in [3.63, 3.8) is 0 Å². The number of hydrogen-bond acceptors (Lipinski definition) is 3. The van der Waals surface area contributed by atoms with Gasteiger partial charge in [0.1, 0.15) is 0 Å². The van der Waals surface area contributed by atoms with Crippen LogP contribution >= 0.6 is 0 Å². The predicted octanol–water partition coefficient (Wildman–Crippen LogP) is 3.98. The molecule has 0 aliphatic rings. The highest BCUT2D eigenvalue weighted by molar-refractivity contribution is 6.43. The van der Waals surface area contributed by atoms with Gasteiger partial charge < -0.3 is 10.6 Å². The Morgan fingerprint density at radius 1 is 0.960 bits per heavy atom. The van der Waals surface area contributed by atoms with Crippen molar-refractivity contribution in [1.29, 1.82) is 0 Å². The SMILES string of the molecule is CCC(C)c1ccccc1NC(=O)C(=O)Nc1cccc(C(C)=O)c1. The molecule has 0 fully saturated rings. The van der Waals surface area contributed by atoms with Crippen LogP contribution < -0.4 is 10.6 Å². The van der Waals surface area contributed by atoms with Gasteiger partial charge in [0.05, 0.1) is 0 Å². The van der Waals surface area contributed by atoms with Gasteiger partial charge in [-0.05, 0) is 43.0 Å². The summed E-state index contributed by atoms with van der Waals surface area (Å²) in [6, 6.07) is 13.9. The molecule has 2 N–H and O–H groups in total. The van der Waals surface area contributed by atoms with Crippen LogP contribution in [-0.2, 0) is 9.59 Å². The topological polar surface area (TPSA) is 75.3 Å². The lowest BCUT2D eigenvalue weighted by Crippen LogP contribution is -2.29. The van der Waals surface area contributed by atoms with Crippen molar-refractivity contribution in [2.75, 3.05) is 10.6 Å². The zero-order chi connectivity index (χ0) is 18.4. The summed E-state index contributed by atoms with van der Waals surface area (Å²) in [6.07, 6.45) is 0.927. The molecule has 0 saturated heterocycles. The van der Waals surface area contributed by atoms with Gasteiger partial charge in [-0.2, -0.15) is 0 Å². The third-order valence-electron chi connectivity index (χ3n) is 4.09. The van der Waals surface area contributed by atoms with E-state index in [0.29, 0.717) is 16.9 Å². The molecular weight excluding hydrogens is 316 g/mol. The zero-order valence-electron chi connectivity index (χ0n) is 14.6. The fraction of sp³-hybridized carbons (Fsp3) is 0.250. The number of Topliss-reactive ketones (excluding diaryl/α,β-unsaturated/α-hetero) is 1. The van der Waals surface area contributed by atoms with Crippen LogP contribution in [-0.4, -0.2) is 17.6 Å². The molecule has 0 aromatic heterocycles. The fourth-order valence-electron chi connectivity index (χ4n) is 2.44. The molecule has 0 saturated carbocycles. The van der Waals surface area contributed by atoms with E-state index >= 15 is 0 Å². The Morgan fingerprint density at radius 2 is 1.64 bits per heavy atom. The molecule has 5 heteroatoms. The van der Waals surface area contributed by atoms with Crippen LogP contribution in [0.4, 0.5) is 11.4 Å². The Balaban J connectivity index is 2.10. The maximum absolute atomic E-state index is 12.2. The molecule has 2 aromatic carbocycles. The Hall–Kier alpha value is -2.95. The molecule has 1 atom stereocenters. The third kappa shape index (κ3) is 4.76. The van der Waals surface area contributed by atoms with E-state index in [0.717, 1.165) is 12.0 Å². The standard InChI is InChI=1S/C20H22N2O3/c1-4-13(2)17-10-5-6-11-18(17)22-20(25)19(24)21-16-9-7-8-15(12-16)14(3)23/h5-13H,4H2,1-3H3,(H,21,24)(H,22,25). The summed E-state index contributed by atoms with van der Waals surface area (Å²) in [5.74, 6) is -1.36. The molecule has 0 aliphatic heterocycles. The molecule has 25 heavy (non-hydrogen) atoms. The number of carbonyl (C=O) groups is 3. The molecule has 0 heterocycles. The van der Waals surface area contributed by atoms with Crippen molar-refractivity contribution in [1.82, 2.24) is 0 Å². The van der Waals surface area contributed by atoms with E-state index in [1.165, 1.54) is 6.92 Å². The number of rotatable bonds is 5. The number of nitrogens with one attached hydrogen (secondary N) is 2. The number of anilines is 2. The number of benzene rings is 2. The summed E-state index contributed by atoms with van der Waals surface area (Å²) in [5.41, 5.74) is 2.50. The number of amides is 2. The van der Waals surface area contributed by atoms with Crippen molar-refractivity contribution in [3.8, 4) is 0 Å². The first-order valence-corrected chi connectivity index (χ1v) is 8.24. The van der Waals surface area contributed by atoms with Gasteiger partial charge in [0, 0.05) is 16.9 Å². The maximum atomic E-state index is 12.2. The second-order valence-electron chi connectivity index (χ2n) is 5.94. The number of carbonyl (C=O) groups excluding carboxylic acids is 3. The zero-order valence-corrected chi connectivity index (χ0v) is 14.6. The van der Waals surface area contributed by atoms with Crippen molar-refractivity contribution in [2.24, 2.45) is 0 Å². The summed E-state index contributed by atoms with van der Waals surface area (Å²) in [7, 11) is 0.